The van der Waals surface area contributed by atoms with Crippen LogP contribution in [0.25, 0.3) is 0 Å². The summed E-state index contributed by atoms with van der Waals surface area (Å²) in [7, 11) is 0. The zero-order chi connectivity index (χ0) is 36.8. The van der Waals surface area contributed by atoms with Crippen molar-refractivity contribution in [2.24, 2.45) is 0 Å². The van der Waals surface area contributed by atoms with E-state index in [4.69, 9.17) is 9.47 Å². The van der Waals surface area contributed by atoms with Gasteiger partial charge in [-0.3, -0.25) is 9.59 Å². The molecule has 3 N–H and O–H groups in total. The van der Waals surface area contributed by atoms with Crippen molar-refractivity contribution in [2.45, 2.75) is 238 Å². The molecule has 0 saturated carbocycles. The van der Waals surface area contributed by atoms with E-state index >= 15 is 0 Å². The van der Waals surface area contributed by atoms with Gasteiger partial charge in [0.25, 0.3) is 0 Å². The first kappa shape index (κ1) is 48.6. The number of unbranched alkanes of at least 4 members (excludes halogenated alkanes) is 25. The molecule has 0 aromatic heterocycles. The number of carbonyl (C=O) groups is 2. The molecule has 0 heterocycles. The summed E-state index contributed by atoms with van der Waals surface area (Å²) in [4.78, 5) is 24.0. The Morgan fingerprint density at radius 1 is 0.460 bits per heavy atom. The normalized spacial score (nSPS) is 13.5. The molecule has 0 radical (unpaired) electrons. The summed E-state index contributed by atoms with van der Waals surface area (Å²) in [6, 6.07) is 0. The van der Waals surface area contributed by atoms with Gasteiger partial charge >= 0.3 is 11.9 Å². The first-order valence-corrected chi connectivity index (χ1v) is 21.4. The maximum Gasteiger partial charge on any atom is 0.305 e. The summed E-state index contributed by atoms with van der Waals surface area (Å²) < 4.78 is 10.3. The van der Waals surface area contributed by atoms with Gasteiger partial charge in [0.2, 0.25) is 0 Å². The Balaban J connectivity index is 3.49. The second-order valence-corrected chi connectivity index (χ2v) is 14.8. The van der Waals surface area contributed by atoms with Crippen LogP contribution < -0.4 is 0 Å². The third kappa shape index (κ3) is 36.4. The monoisotopic (exact) mass is 711 g/mol. The first-order valence-electron chi connectivity index (χ1n) is 21.4. The van der Waals surface area contributed by atoms with Crippen molar-refractivity contribution < 1.29 is 34.4 Å². The molecule has 296 valence electrons. The van der Waals surface area contributed by atoms with E-state index in [1.807, 2.05) is 6.08 Å². The van der Waals surface area contributed by atoms with Crippen LogP contribution in [0, 0.1) is 0 Å². The van der Waals surface area contributed by atoms with Crippen molar-refractivity contribution in [2.75, 3.05) is 13.2 Å². The number of rotatable bonds is 39. The van der Waals surface area contributed by atoms with E-state index in [0.717, 1.165) is 51.4 Å². The molecule has 0 saturated heterocycles. The summed E-state index contributed by atoms with van der Waals surface area (Å²) in [5.74, 6) is -0.662. The van der Waals surface area contributed by atoms with E-state index in [1.54, 1.807) is 0 Å². The van der Waals surface area contributed by atoms with Crippen molar-refractivity contribution in [3.63, 3.8) is 0 Å². The lowest BCUT2D eigenvalue weighted by atomic mass is 10.0. The van der Waals surface area contributed by atoms with Gasteiger partial charge in [0, 0.05) is 12.8 Å². The van der Waals surface area contributed by atoms with Crippen LogP contribution in [0.4, 0.5) is 0 Å². The van der Waals surface area contributed by atoms with Gasteiger partial charge in [0.1, 0.15) is 19.3 Å². The van der Waals surface area contributed by atoms with Crippen LogP contribution in [0.3, 0.4) is 0 Å². The lowest BCUT2D eigenvalue weighted by molar-refractivity contribution is -0.152. The molecule has 0 aliphatic heterocycles. The van der Waals surface area contributed by atoms with Crippen LogP contribution in [0.15, 0.2) is 12.2 Å². The number of aliphatic hydroxyl groups is 3. The predicted octanol–water partition coefficient (Wildman–Crippen LogP) is 11.2. The van der Waals surface area contributed by atoms with Gasteiger partial charge in [-0.25, -0.2) is 0 Å². The van der Waals surface area contributed by atoms with Crippen molar-refractivity contribution in [3.8, 4) is 0 Å². The number of allylic oxidation sites excluding steroid dienone is 1. The van der Waals surface area contributed by atoms with E-state index in [2.05, 4.69) is 19.9 Å². The van der Waals surface area contributed by atoms with Gasteiger partial charge in [-0.2, -0.15) is 0 Å². The minimum absolute atomic E-state index is 0.152. The highest BCUT2D eigenvalue weighted by molar-refractivity contribution is 5.69. The molecule has 50 heavy (non-hydrogen) atoms. The van der Waals surface area contributed by atoms with Crippen LogP contribution in [0.1, 0.15) is 219 Å². The van der Waals surface area contributed by atoms with E-state index < -0.39 is 18.3 Å². The number of ether oxygens (including phenoxy) is 2. The van der Waals surface area contributed by atoms with Crippen LogP contribution in [-0.4, -0.2) is 58.8 Å². The molecule has 0 aliphatic rings. The van der Waals surface area contributed by atoms with Crippen molar-refractivity contribution in [1.29, 1.82) is 0 Å². The molecule has 7 heteroatoms. The second-order valence-electron chi connectivity index (χ2n) is 14.8. The van der Waals surface area contributed by atoms with Crippen molar-refractivity contribution >= 4 is 11.9 Å². The standard InChI is InChI=1S/C43H82O7/c1-3-5-7-9-11-12-13-14-15-16-17-18-19-20-21-22-23-27-31-35-42(47)49-37-39(44)38-50-43(48)36-32-28-24-26-30-34-41(46)40(45)33-29-25-10-8-6-4-2/h25,29,39-41,44-46H,3-24,26-28,30-38H2,1-2H3/b29-25-/t39-,40+,41+/m0/s1. The largest absolute Gasteiger partial charge is 0.463 e. The number of hydrogen-bond donors (Lipinski definition) is 3. The molecular weight excluding hydrogens is 628 g/mol. The molecule has 7 nitrogen and oxygen atoms in total. The molecule has 0 aromatic carbocycles. The molecule has 3 atom stereocenters. The molecule has 0 fully saturated rings. The lowest BCUT2D eigenvalue weighted by Crippen LogP contribution is -2.25. The third-order valence-electron chi connectivity index (χ3n) is 9.70. The Morgan fingerprint density at radius 3 is 1.24 bits per heavy atom. The van der Waals surface area contributed by atoms with E-state index in [-0.39, 0.29) is 31.6 Å². The van der Waals surface area contributed by atoms with Gasteiger partial charge in [0.05, 0.1) is 12.2 Å². The maximum atomic E-state index is 12.0. The van der Waals surface area contributed by atoms with E-state index in [1.165, 1.54) is 122 Å². The Morgan fingerprint density at radius 2 is 0.820 bits per heavy atom. The Labute approximate surface area is 308 Å². The Bertz CT molecular complexity index is 756. The fourth-order valence-corrected chi connectivity index (χ4v) is 6.29. The minimum Gasteiger partial charge on any atom is -0.463 e. The third-order valence-corrected chi connectivity index (χ3v) is 9.70. The molecule has 0 aromatic rings. The molecular formula is C43H82O7. The SMILES string of the molecule is CCCCC/C=C\C[C@@H](O)[C@H](O)CCCCCCCC(=O)OC[C@@H](O)COC(=O)CCCCCCCCCCCCCCCCCCCCC. The number of aliphatic hydroxyl groups excluding tert-OH is 3. The van der Waals surface area contributed by atoms with Crippen LogP contribution in [0.2, 0.25) is 0 Å². The van der Waals surface area contributed by atoms with Gasteiger partial charge in [0.15, 0.2) is 0 Å². The number of hydrogen-bond acceptors (Lipinski definition) is 7. The maximum absolute atomic E-state index is 12.0. The number of carbonyl (C=O) groups excluding carboxylic acids is 2. The predicted molar refractivity (Wildman–Crippen MR) is 208 cm³/mol. The summed E-state index contributed by atoms with van der Waals surface area (Å²) >= 11 is 0. The fraction of sp³-hybridized carbons (Fsp3) is 0.907. The zero-order valence-electron chi connectivity index (χ0n) is 32.9. The molecule has 0 unspecified atom stereocenters. The number of esters is 2. The molecule has 0 rings (SSSR count). The molecule has 0 bridgehead atoms. The fourth-order valence-electron chi connectivity index (χ4n) is 6.29. The first-order chi connectivity index (χ1) is 24.4. The lowest BCUT2D eigenvalue weighted by Gasteiger charge is -2.16. The van der Waals surface area contributed by atoms with Crippen molar-refractivity contribution in [1.82, 2.24) is 0 Å². The highest BCUT2D eigenvalue weighted by Gasteiger charge is 2.14. The molecule has 0 spiro atoms. The Hall–Kier alpha value is -1.44. The highest BCUT2D eigenvalue weighted by atomic mass is 16.6. The molecule has 0 amide bonds. The summed E-state index contributed by atoms with van der Waals surface area (Å²) in [5, 5.41) is 30.3. The van der Waals surface area contributed by atoms with E-state index in [0.29, 0.717) is 25.7 Å². The van der Waals surface area contributed by atoms with Gasteiger partial charge in [-0.05, 0) is 38.5 Å². The zero-order valence-corrected chi connectivity index (χ0v) is 32.9. The average molecular weight is 711 g/mol. The summed E-state index contributed by atoms with van der Waals surface area (Å²) in [5.41, 5.74) is 0. The highest BCUT2D eigenvalue weighted by Crippen LogP contribution is 2.16. The van der Waals surface area contributed by atoms with Crippen LogP contribution in [-0.2, 0) is 19.1 Å². The quantitative estimate of drug-likeness (QED) is 0.0330. The van der Waals surface area contributed by atoms with Gasteiger partial charge in [-0.15, -0.1) is 0 Å². The summed E-state index contributed by atoms with van der Waals surface area (Å²) in [6.45, 7) is 4.14. The molecule has 0 aliphatic carbocycles. The minimum atomic E-state index is -1.01. The van der Waals surface area contributed by atoms with Crippen LogP contribution >= 0.6 is 0 Å². The van der Waals surface area contributed by atoms with Crippen molar-refractivity contribution in [3.05, 3.63) is 12.2 Å². The smallest absolute Gasteiger partial charge is 0.305 e. The second kappa shape index (κ2) is 38.8. The van der Waals surface area contributed by atoms with Crippen LogP contribution in [0.5, 0.6) is 0 Å². The van der Waals surface area contributed by atoms with Gasteiger partial charge in [-0.1, -0.05) is 180 Å². The van der Waals surface area contributed by atoms with E-state index in [9.17, 15) is 24.9 Å². The average Bonchev–Trinajstić information content (AvgIpc) is 3.11. The Kier molecular flexibility index (Phi) is 37.7. The van der Waals surface area contributed by atoms with Gasteiger partial charge < -0.3 is 24.8 Å². The topological polar surface area (TPSA) is 113 Å². The summed E-state index contributed by atoms with van der Waals surface area (Å²) in [6.07, 6.45) is 37.3.